The van der Waals surface area contributed by atoms with E-state index in [0.717, 1.165) is 21.9 Å². The highest BCUT2D eigenvalue weighted by Crippen LogP contribution is 2.21. The Kier molecular flexibility index (Phi) is 7.29. The monoisotopic (exact) mass is 434 g/mol. The maximum Gasteiger partial charge on any atom is 0.242 e. The van der Waals surface area contributed by atoms with E-state index in [4.69, 9.17) is 0 Å². The first-order valence-corrected chi connectivity index (χ1v) is 11.0. The number of nitrogens with zero attached hydrogens (tertiary/aromatic N) is 1. The van der Waals surface area contributed by atoms with Crippen LogP contribution in [0.3, 0.4) is 0 Å². The van der Waals surface area contributed by atoms with Crippen LogP contribution in [-0.2, 0) is 22.6 Å². The number of halogens is 1. The van der Waals surface area contributed by atoms with E-state index < -0.39 is 11.6 Å². The highest BCUT2D eigenvalue weighted by molar-refractivity contribution is 5.89. The number of aryl methyl sites for hydroxylation is 1. The summed E-state index contributed by atoms with van der Waals surface area (Å²) in [7, 11) is 0. The molecule has 1 unspecified atom stereocenters. The Morgan fingerprint density at radius 3 is 2.31 bits per heavy atom. The second-order valence-electron chi connectivity index (χ2n) is 9.20. The summed E-state index contributed by atoms with van der Waals surface area (Å²) in [6.07, 6.45) is 0.857. The molecule has 3 aromatic rings. The Balaban J connectivity index is 1.80. The van der Waals surface area contributed by atoms with Crippen LogP contribution in [0, 0.1) is 5.82 Å². The summed E-state index contributed by atoms with van der Waals surface area (Å²) in [5.74, 6) is -0.655. The van der Waals surface area contributed by atoms with Gasteiger partial charge in [0.05, 0.1) is 0 Å². The van der Waals surface area contributed by atoms with Gasteiger partial charge in [-0.1, -0.05) is 54.6 Å². The van der Waals surface area contributed by atoms with Gasteiger partial charge in [0.25, 0.3) is 0 Å². The van der Waals surface area contributed by atoms with E-state index in [1.165, 1.54) is 12.1 Å². The zero-order valence-electron chi connectivity index (χ0n) is 19.2. The van der Waals surface area contributed by atoms with Gasteiger partial charge < -0.3 is 10.2 Å². The maximum absolute atomic E-state index is 13.3. The van der Waals surface area contributed by atoms with Gasteiger partial charge in [-0.15, -0.1) is 0 Å². The number of hydrogen-bond acceptors (Lipinski definition) is 2. The number of nitrogens with one attached hydrogen (secondary N) is 1. The van der Waals surface area contributed by atoms with E-state index >= 15 is 0 Å². The minimum Gasteiger partial charge on any atom is -0.350 e. The molecule has 32 heavy (non-hydrogen) atoms. The van der Waals surface area contributed by atoms with Gasteiger partial charge in [-0.3, -0.25) is 9.59 Å². The van der Waals surface area contributed by atoms with Crippen LogP contribution in [0.1, 0.15) is 45.2 Å². The molecule has 0 fully saturated rings. The second kappa shape index (κ2) is 9.94. The summed E-state index contributed by atoms with van der Waals surface area (Å²) in [6, 6.07) is 19.6. The molecule has 1 N–H and O–H groups in total. The number of fused-ring (bicyclic) bond motifs is 1. The molecule has 2 amide bonds. The minimum absolute atomic E-state index is 0.112. The van der Waals surface area contributed by atoms with Crippen molar-refractivity contribution in [1.82, 2.24) is 10.2 Å². The van der Waals surface area contributed by atoms with E-state index in [1.807, 2.05) is 45.0 Å². The molecule has 168 valence electrons. The number of hydrogen-bond donors (Lipinski definition) is 1. The fourth-order valence-corrected chi connectivity index (χ4v) is 3.74. The normalized spacial score (nSPS) is 12.4. The third-order valence-electron chi connectivity index (χ3n) is 5.42. The first-order chi connectivity index (χ1) is 15.1. The highest BCUT2D eigenvalue weighted by Gasteiger charge is 2.28. The van der Waals surface area contributed by atoms with Crippen molar-refractivity contribution < 1.29 is 14.0 Å². The lowest BCUT2D eigenvalue weighted by Gasteiger charge is -2.31. The largest absolute Gasteiger partial charge is 0.350 e. The first-order valence-electron chi connectivity index (χ1n) is 11.0. The Morgan fingerprint density at radius 1 is 0.969 bits per heavy atom. The summed E-state index contributed by atoms with van der Waals surface area (Å²) in [5, 5.41) is 5.22. The van der Waals surface area contributed by atoms with Gasteiger partial charge in [-0.05, 0) is 68.1 Å². The fourth-order valence-electron chi connectivity index (χ4n) is 3.74. The van der Waals surface area contributed by atoms with E-state index in [1.54, 1.807) is 24.0 Å². The summed E-state index contributed by atoms with van der Waals surface area (Å²) in [6.45, 7) is 7.70. The molecule has 0 aliphatic heterocycles. The zero-order valence-corrected chi connectivity index (χ0v) is 19.2. The second-order valence-corrected chi connectivity index (χ2v) is 9.20. The third kappa shape index (κ3) is 6.16. The number of amides is 2. The number of benzene rings is 3. The summed E-state index contributed by atoms with van der Waals surface area (Å²) in [5.41, 5.74) is 1.48. The quantitative estimate of drug-likeness (QED) is 0.553. The van der Waals surface area contributed by atoms with Crippen molar-refractivity contribution in [2.75, 3.05) is 0 Å². The van der Waals surface area contributed by atoms with Gasteiger partial charge in [0.2, 0.25) is 11.8 Å². The van der Waals surface area contributed by atoms with Gasteiger partial charge in [-0.2, -0.15) is 0 Å². The predicted molar refractivity (Wildman–Crippen MR) is 127 cm³/mol. The third-order valence-corrected chi connectivity index (χ3v) is 5.42. The molecule has 0 aromatic heterocycles. The van der Waals surface area contributed by atoms with Crippen molar-refractivity contribution in [2.24, 2.45) is 0 Å². The van der Waals surface area contributed by atoms with E-state index in [-0.39, 0.29) is 30.6 Å². The molecule has 1 atom stereocenters. The standard InChI is InChI=1S/C27H31FN2O2/c1-19(26(32)29-27(2,3)4)30(18-20-12-15-23(28)16-13-20)25(31)17-14-22-10-7-9-21-8-5-6-11-24(21)22/h5-13,15-16,19H,14,17-18H2,1-4H3,(H,29,32). The Hall–Kier alpha value is -3.21. The van der Waals surface area contributed by atoms with Crippen LogP contribution in [0.25, 0.3) is 10.8 Å². The average molecular weight is 435 g/mol. The molecule has 0 heterocycles. The van der Waals surface area contributed by atoms with E-state index in [0.29, 0.717) is 6.42 Å². The van der Waals surface area contributed by atoms with Crippen LogP contribution in [0.4, 0.5) is 4.39 Å². The van der Waals surface area contributed by atoms with Crippen LogP contribution in [-0.4, -0.2) is 28.3 Å². The summed E-state index contributed by atoms with van der Waals surface area (Å²) >= 11 is 0. The van der Waals surface area contributed by atoms with Crippen molar-refractivity contribution in [1.29, 1.82) is 0 Å². The average Bonchev–Trinajstić information content (AvgIpc) is 2.75. The molecule has 0 saturated carbocycles. The topological polar surface area (TPSA) is 49.4 Å². The molecule has 5 heteroatoms. The van der Waals surface area contributed by atoms with E-state index in [2.05, 4.69) is 23.5 Å². The molecule has 3 rings (SSSR count). The van der Waals surface area contributed by atoms with Crippen molar-refractivity contribution >= 4 is 22.6 Å². The number of rotatable bonds is 7. The molecule has 0 aliphatic rings. The molecule has 0 saturated heterocycles. The molecule has 3 aromatic carbocycles. The predicted octanol–water partition coefficient (Wildman–Crippen LogP) is 5.24. The lowest BCUT2D eigenvalue weighted by atomic mass is 10.0. The van der Waals surface area contributed by atoms with Crippen LogP contribution >= 0.6 is 0 Å². The molecule has 0 spiro atoms. The van der Waals surface area contributed by atoms with Crippen LogP contribution in [0.5, 0.6) is 0 Å². The van der Waals surface area contributed by atoms with Crippen LogP contribution < -0.4 is 5.32 Å². The van der Waals surface area contributed by atoms with Crippen molar-refractivity contribution in [3.8, 4) is 0 Å². The lowest BCUT2D eigenvalue weighted by molar-refractivity contribution is -0.141. The first kappa shape index (κ1) is 23.5. The van der Waals surface area contributed by atoms with Gasteiger partial charge in [0.15, 0.2) is 0 Å². The smallest absolute Gasteiger partial charge is 0.242 e. The molecular formula is C27H31FN2O2. The summed E-state index contributed by atoms with van der Waals surface area (Å²) in [4.78, 5) is 27.7. The van der Waals surface area contributed by atoms with Crippen molar-refractivity contribution in [3.05, 3.63) is 83.7 Å². The summed E-state index contributed by atoms with van der Waals surface area (Å²) < 4.78 is 13.3. The fraction of sp³-hybridized carbons (Fsp3) is 0.333. The zero-order chi connectivity index (χ0) is 23.3. The molecule has 0 bridgehead atoms. The number of carbonyl (C=O) groups excluding carboxylic acids is 2. The highest BCUT2D eigenvalue weighted by atomic mass is 19.1. The molecule has 4 nitrogen and oxygen atoms in total. The lowest BCUT2D eigenvalue weighted by Crippen LogP contribution is -2.52. The molecular weight excluding hydrogens is 403 g/mol. The van der Waals surface area contributed by atoms with Gasteiger partial charge in [-0.25, -0.2) is 4.39 Å². The minimum atomic E-state index is -0.653. The van der Waals surface area contributed by atoms with Gasteiger partial charge in [0, 0.05) is 18.5 Å². The van der Waals surface area contributed by atoms with Crippen LogP contribution in [0.2, 0.25) is 0 Å². The van der Waals surface area contributed by atoms with Gasteiger partial charge >= 0.3 is 0 Å². The van der Waals surface area contributed by atoms with E-state index in [9.17, 15) is 14.0 Å². The maximum atomic E-state index is 13.3. The van der Waals surface area contributed by atoms with Gasteiger partial charge in [0.1, 0.15) is 11.9 Å². The SMILES string of the molecule is CC(C(=O)NC(C)(C)C)N(Cc1ccc(F)cc1)C(=O)CCc1cccc2ccccc12. The van der Waals surface area contributed by atoms with Crippen molar-refractivity contribution in [2.45, 2.75) is 58.7 Å². The Labute approximate surface area is 189 Å². The number of carbonyl (C=O) groups is 2. The Morgan fingerprint density at radius 2 is 1.62 bits per heavy atom. The molecule has 0 aliphatic carbocycles. The Bertz CT molecular complexity index is 1080. The van der Waals surface area contributed by atoms with Crippen molar-refractivity contribution in [3.63, 3.8) is 0 Å². The van der Waals surface area contributed by atoms with Crippen LogP contribution in [0.15, 0.2) is 66.7 Å². The molecule has 0 radical (unpaired) electrons.